The SMILES string of the molecule is Cc1ccc(S(=O)(=O)N2CCC(NC(=O)[C@H]3CC(=O)N(c4ccccc4Cl)C3)CC2)cc1. The van der Waals surface area contributed by atoms with E-state index in [0.717, 1.165) is 5.56 Å². The lowest BCUT2D eigenvalue weighted by Gasteiger charge is -2.32. The van der Waals surface area contributed by atoms with Crippen molar-refractivity contribution in [2.75, 3.05) is 24.5 Å². The minimum atomic E-state index is -3.54. The molecule has 2 aromatic carbocycles. The van der Waals surface area contributed by atoms with Gasteiger partial charge in [-0.3, -0.25) is 9.59 Å². The first-order valence-corrected chi connectivity index (χ1v) is 12.5. The number of anilines is 1. The monoisotopic (exact) mass is 475 g/mol. The number of para-hydroxylation sites is 1. The summed E-state index contributed by atoms with van der Waals surface area (Å²) in [7, 11) is -3.54. The number of nitrogens with one attached hydrogen (secondary N) is 1. The van der Waals surface area contributed by atoms with Gasteiger partial charge < -0.3 is 10.2 Å². The molecule has 2 aliphatic heterocycles. The van der Waals surface area contributed by atoms with Gasteiger partial charge in [0.15, 0.2) is 0 Å². The molecule has 1 N–H and O–H groups in total. The standard InChI is InChI=1S/C23H26ClN3O4S/c1-16-6-8-19(9-7-16)32(30,31)26-12-10-18(11-13-26)25-23(29)17-14-22(28)27(15-17)21-5-3-2-4-20(21)24/h2-9,17-18H,10-15H2,1H3,(H,25,29)/t17-/m0/s1. The van der Waals surface area contributed by atoms with Crippen LogP contribution in [0.4, 0.5) is 5.69 Å². The number of amides is 2. The molecule has 0 aromatic heterocycles. The van der Waals surface area contributed by atoms with Crippen molar-refractivity contribution in [3.05, 3.63) is 59.1 Å². The number of carbonyl (C=O) groups is 2. The Labute approximate surface area is 193 Å². The van der Waals surface area contributed by atoms with Crippen molar-refractivity contribution in [2.24, 2.45) is 5.92 Å². The van der Waals surface area contributed by atoms with E-state index >= 15 is 0 Å². The van der Waals surface area contributed by atoms with Gasteiger partial charge in [0.1, 0.15) is 0 Å². The molecule has 32 heavy (non-hydrogen) atoms. The molecule has 0 unspecified atom stereocenters. The van der Waals surface area contributed by atoms with E-state index < -0.39 is 15.9 Å². The summed E-state index contributed by atoms with van der Waals surface area (Å²) in [6.45, 7) is 2.89. The Hall–Kier alpha value is -2.42. The molecule has 0 radical (unpaired) electrons. The molecular formula is C23H26ClN3O4S. The number of piperidine rings is 1. The van der Waals surface area contributed by atoms with Gasteiger partial charge in [0.05, 0.1) is 21.5 Å². The number of nitrogens with zero attached hydrogens (tertiary/aromatic N) is 2. The second-order valence-corrected chi connectivity index (χ2v) is 10.7. The average molecular weight is 476 g/mol. The van der Waals surface area contributed by atoms with Gasteiger partial charge in [-0.2, -0.15) is 4.31 Å². The Bertz CT molecular complexity index is 1110. The molecule has 170 valence electrons. The number of hydrogen-bond donors (Lipinski definition) is 1. The fourth-order valence-electron chi connectivity index (χ4n) is 4.21. The highest BCUT2D eigenvalue weighted by atomic mass is 35.5. The molecule has 4 rings (SSSR count). The Kier molecular flexibility index (Phi) is 6.55. The lowest BCUT2D eigenvalue weighted by molar-refractivity contribution is -0.127. The van der Waals surface area contributed by atoms with Crippen LogP contribution in [0, 0.1) is 12.8 Å². The van der Waals surface area contributed by atoms with Crippen molar-refractivity contribution in [3.8, 4) is 0 Å². The summed E-state index contributed by atoms with van der Waals surface area (Å²) < 4.78 is 27.2. The summed E-state index contributed by atoms with van der Waals surface area (Å²) >= 11 is 6.21. The topological polar surface area (TPSA) is 86.8 Å². The van der Waals surface area contributed by atoms with Crippen LogP contribution in [0.1, 0.15) is 24.8 Å². The van der Waals surface area contributed by atoms with E-state index in [0.29, 0.717) is 36.6 Å². The Balaban J connectivity index is 1.33. The van der Waals surface area contributed by atoms with Crippen LogP contribution in [0.2, 0.25) is 5.02 Å². The van der Waals surface area contributed by atoms with Crippen LogP contribution in [0.25, 0.3) is 0 Å². The zero-order chi connectivity index (χ0) is 22.9. The molecule has 0 spiro atoms. The van der Waals surface area contributed by atoms with Crippen molar-refractivity contribution in [3.63, 3.8) is 0 Å². The summed E-state index contributed by atoms with van der Waals surface area (Å²) in [5.74, 6) is -0.752. The van der Waals surface area contributed by atoms with Gasteiger partial charge >= 0.3 is 0 Å². The van der Waals surface area contributed by atoms with Crippen LogP contribution in [-0.2, 0) is 19.6 Å². The van der Waals surface area contributed by atoms with Crippen LogP contribution < -0.4 is 10.2 Å². The number of halogens is 1. The second kappa shape index (κ2) is 9.21. The molecule has 2 amide bonds. The first kappa shape index (κ1) is 22.8. The van der Waals surface area contributed by atoms with E-state index in [1.807, 2.05) is 6.92 Å². The summed E-state index contributed by atoms with van der Waals surface area (Å²) in [6.07, 6.45) is 1.20. The number of benzene rings is 2. The zero-order valence-corrected chi connectivity index (χ0v) is 19.4. The third-order valence-electron chi connectivity index (χ3n) is 6.10. The number of rotatable bonds is 5. The lowest BCUT2D eigenvalue weighted by atomic mass is 10.0. The van der Waals surface area contributed by atoms with Crippen molar-refractivity contribution in [1.29, 1.82) is 0 Å². The molecule has 2 aliphatic rings. The molecule has 2 heterocycles. The van der Waals surface area contributed by atoms with E-state index in [1.165, 1.54) is 4.31 Å². The Morgan fingerprint density at radius 3 is 2.38 bits per heavy atom. The van der Waals surface area contributed by atoms with E-state index in [1.54, 1.807) is 53.4 Å². The van der Waals surface area contributed by atoms with Crippen molar-refractivity contribution in [1.82, 2.24) is 9.62 Å². The lowest BCUT2D eigenvalue weighted by Crippen LogP contribution is -2.48. The van der Waals surface area contributed by atoms with E-state index in [9.17, 15) is 18.0 Å². The summed E-state index contributed by atoms with van der Waals surface area (Å²) in [6, 6.07) is 13.8. The molecule has 0 bridgehead atoms. The number of hydrogen-bond acceptors (Lipinski definition) is 4. The molecule has 2 fully saturated rings. The Morgan fingerprint density at radius 2 is 1.72 bits per heavy atom. The van der Waals surface area contributed by atoms with Gasteiger partial charge in [-0.1, -0.05) is 41.4 Å². The smallest absolute Gasteiger partial charge is 0.243 e. The highest BCUT2D eigenvalue weighted by molar-refractivity contribution is 7.89. The summed E-state index contributed by atoms with van der Waals surface area (Å²) in [5, 5.41) is 3.49. The normalized spacial score (nSPS) is 20.5. The predicted octanol–water partition coefficient (Wildman–Crippen LogP) is 2.97. The first-order valence-electron chi connectivity index (χ1n) is 10.7. The van der Waals surface area contributed by atoms with Crippen LogP contribution >= 0.6 is 11.6 Å². The first-order chi connectivity index (χ1) is 15.3. The van der Waals surface area contributed by atoms with Gasteiger partial charge in [0, 0.05) is 32.1 Å². The van der Waals surface area contributed by atoms with E-state index in [2.05, 4.69) is 5.32 Å². The number of carbonyl (C=O) groups excluding carboxylic acids is 2. The van der Waals surface area contributed by atoms with Crippen molar-refractivity contribution < 1.29 is 18.0 Å². The maximum absolute atomic E-state index is 12.9. The molecule has 7 nitrogen and oxygen atoms in total. The van der Waals surface area contributed by atoms with Crippen LogP contribution in [-0.4, -0.2) is 50.2 Å². The van der Waals surface area contributed by atoms with Gasteiger partial charge in [-0.15, -0.1) is 0 Å². The van der Waals surface area contributed by atoms with Gasteiger partial charge in [-0.25, -0.2) is 8.42 Å². The van der Waals surface area contributed by atoms with Crippen LogP contribution in [0.3, 0.4) is 0 Å². The molecule has 9 heteroatoms. The van der Waals surface area contributed by atoms with Gasteiger partial charge in [0.25, 0.3) is 0 Å². The van der Waals surface area contributed by atoms with E-state index in [-0.39, 0.29) is 35.7 Å². The molecule has 2 aromatic rings. The molecule has 0 aliphatic carbocycles. The van der Waals surface area contributed by atoms with Crippen molar-refractivity contribution >= 4 is 39.1 Å². The highest BCUT2D eigenvalue weighted by Crippen LogP contribution is 2.31. The summed E-state index contributed by atoms with van der Waals surface area (Å²) in [5.41, 5.74) is 1.62. The maximum Gasteiger partial charge on any atom is 0.243 e. The van der Waals surface area contributed by atoms with Crippen LogP contribution in [0.5, 0.6) is 0 Å². The third kappa shape index (κ3) is 4.67. The summed E-state index contributed by atoms with van der Waals surface area (Å²) in [4.78, 5) is 27.1. The molecule has 0 saturated carbocycles. The second-order valence-electron chi connectivity index (χ2n) is 8.36. The zero-order valence-electron chi connectivity index (χ0n) is 17.8. The average Bonchev–Trinajstić information content (AvgIpc) is 3.16. The van der Waals surface area contributed by atoms with Crippen molar-refractivity contribution in [2.45, 2.75) is 37.1 Å². The van der Waals surface area contributed by atoms with Crippen LogP contribution in [0.15, 0.2) is 53.4 Å². The molecule has 2 saturated heterocycles. The van der Waals surface area contributed by atoms with Gasteiger partial charge in [0.2, 0.25) is 21.8 Å². The molecule has 1 atom stereocenters. The predicted molar refractivity (Wildman–Crippen MR) is 123 cm³/mol. The number of sulfonamides is 1. The van der Waals surface area contributed by atoms with Gasteiger partial charge in [-0.05, 0) is 44.0 Å². The quantitative estimate of drug-likeness (QED) is 0.720. The minimum Gasteiger partial charge on any atom is -0.353 e. The number of aryl methyl sites for hydroxylation is 1. The largest absolute Gasteiger partial charge is 0.353 e. The Morgan fingerprint density at radius 1 is 1.06 bits per heavy atom. The fraction of sp³-hybridized carbons (Fsp3) is 0.391. The molecular weight excluding hydrogens is 450 g/mol. The van der Waals surface area contributed by atoms with E-state index in [4.69, 9.17) is 11.6 Å². The highest BCUT2D eigenvalue weighted by Gasteiger charge is 2.37. The third-order valence-corrected chi connectivity index (χ3v) is 8.33. The minimum absolute atomic E-state index is 0.114. The maximum atomic E-state index is 12.9. The fourth-order valence-corrected chi connectivity index (χ4v) is 5.91.